The Morgan fingerprint density at radius 1 is 1.31 bits per heavy atom. The molecule has 1 aliphatic heterocycles. The highest BCUT2D eigenvalue weighted by molar-refractivity contribution is 5.88. The monoisotopic (exact) mass is 216 g/mol. The first kappa shape index (κ1) is 9.85. The largest absolute Gasteiger partial charge is 0.336 e. The molecule has 1 atom stereocenters. The van der Waals surface area contributed by atoms with Gasteiger partial charge in [0.1, 0.15) is 0 Å². The molecule has 0 radical (unpaired) electrons. The Hall–Kier alpha value is -1.35. The third-order valence-electron chi connectivity index (χ3n) is 3.84. The van der Waals surface area contributed by atoms with E-state index in [4.69, 9.17) is 5.73 Å². The van der Waals surface area contributed by atoms with Crippen molar-refractivity contribution in [2.24, 2.45) is 11.1 Å². The van der Waals surface area contributed by atoms with Crippen LogP contribution in [-0.4, -0.2) is 23.4 Å². The van der Waals surface area contributed by atoms with Gasteiger partial charge in [0.05, 0.1) is 5.41 Å². The summed E-state index contributed by atoms with van der Waals surface area (Å²) in [6, 6.07) is 10.1. The van der Waals surface area contributed by atoms with Crippen molar-refractivity contribution in [2.45, 2.75) is 25.4 Å². The first-order chi connectivity index (χ1) is 7.72. The summed E-state index contributed by atoms with van der Waals surface area (Å²) in [6.07, 6.45) is 1.97. The molecule has 16 heavy (non-hydrogen) atoms. The average molecular weight is 216 g/mol. The predicted molar refractivity (Wildman–Crippen MR) is 61.5 cm³/mol. The molecule has 0 aromatic heterocycles. The summed E-state index contributed by atoms with van der Waals surface area (Å²) in [7, 11) is 0. The van der Waals surface area contributed by atoms with E-state index in [1.807, 2.05) is 23.1 Å². The maximum Gasteiger partial charge on any atom is 0.230 e. The number of hydrogen-bond acceptors (Lipinski definition) is 2. The Kier molecular flexibility index (Phi) is 2.04. The molecule has 1 amide bonds. The van der Waals surface area contributed by atoms with Gasteiger partial charge in [-0.05, 0) is 18.4 Å². The summed E-state index contributed by atoms with van der Waals surface area (Å²) in [5, 5.41) is 0. The zero-order chi connectivity index (χ0) is 11.2. The number of rotatable bonds is 2. The Balaban J connectivity index is 1.76. The smallest absolute Gasteiger partial charge is 0.230 e. The van der Waals surface area contributed by atoms with E-state index in [1.165, 1.54) is 5.56 Å². The second-order valence-corrected chi connectivity index (χ2v) is 4.93. The quantitative estimate of drug-likeness (QED) is 0.805. The van der Waals surface area contributed by atoms with Crippen LogP contribution in [0, 0.1) is 5.41 Å². The molecule has 3 rings (SSSR count). The van der Waals surface area contributed by atoms with Crippen LogP contribution in [0.15, 0.2) is 30.3 Å². The number of likely N-dealkylation sites (tertiary alicyclic amines) is 1. The first-order valence-electron chi connectivity index (χ1n) is 5.81. The van der Waals surface area contributed by atoms with Crippen LogP contribution < -0.4 is 5.73 Å². The minimum atomic E-state index is -0.172. The van der Waals surface area contributed by atoms with Crippen LogP contribution in [0.5, 0.6) is 0 Å². The van der Waals surface area contributed by atoms with E-state index in [1.54, 1.807) is 0 Å². The van der Waals surface area contributed by atoms with Crippen molar-refractivity contribution in [3.8, 4) is 0 Å². The second kappa shape index (κ2) is 3.32. The van der Waals surface area contributed by atoms with E-state index in [0.29, 0.717) is 13.1 Å². The Labute approximate surface area is 95.2 Å². The van der Waals surface area contributed by atoms with Gasteiger partial charge in [-0.3, -0.25) is 4.79 Å². The van der Waals surface area contributed by atoms with Crippen molar-refractivity contribution < 1.29 is 4.79 Å². The maximum absolute atomic E-state index is 12.2. The molecule has 1 heterocycles. The molecule has 2 fully saturated rings. The zero-order valence-electron chi connectivity index (χ0n) is 9.23. The van der Waals surface area contributed by atoms with Gasteiger partial charge in [0.2, 0.25) is 5.91 Å². The van der Waals surface area contributed by atoms with Crippen LogP contribution in [0.1, 0.15) is 18.4 Å². The normalized spacial score (nSPS) is 26.4. The lowest BCUT2D eigenvalue weighted by molar-refractivity contribution is -0.132. The number of hydrogen-bond donors (Lipinski definition) is 1. The van der Waals surface area contributed by atoms with Gasteiger partial charge < -0.3 is 10.6 Å². The van der Waals surface area contributed by atoms with Gasteiger partial charge in [0.25, 0.3) is 0 Å². The van der Waals surface area contributed by atoms with Crippen LogP contribution in [0.4, 0.5) is 0 Å². The number of nitrogens with zero attached hydrogens (tertiary/aromatic N) is 1. The third-order valence-corrected chi connectivity index (χ3v) is 3.84. The van der Waals surface area contributed by atoms with Crippen LogP contribution in [-0.2, 0) is 11.3 Å². The number of carbonyl (C=O) groups excluding carboxylic acids is 1. The fourth-order valence-electron chi connectivity index (χ4n) is 2.63. The van der Waals surface area contributed by atoms with Crippen molar-refractivity contribution in [2.75, 3.05) is 6.54 Å². The molecule has 2 aliphatic rings. The maximum atomic E-state index is 12.2. The topological polar surface area (TPSA) is 46.3 Å². The Morgan fingerprint density at radius 3 is 2.56 bits per heavy atom. The van der Waals surface area contributed by atoms with Gasteiger partial charge in [-0.25, -0.2) is 0 Å². The van der Waals surface area contributed by atoms with Crippen LogP contribution >= 0.6 is 0 Å². The lowest BCUT2D eigenvalue weighted by Gasteiger charge is -2.16. The molecule has 2 N–H and O–H groups in total. The first-order valence-corrected chi connectivity index (χ1v) is 5.81. The van der Waals surface area contributed by atoms with E-state index >= 15 is 0 Å². The van der Waals surface area contributed by atoms with Gasteiger partial charge in [0, 0.05) is 19.1 Å². The molecular weight excluding hydrogens is 200 g/mol. The predicted octanol–water partition coefficient (Wildman–Crippen LogP) is 1.14. The Bertz CT molecular complexity index is 411. The summed E-state index contributed by atoms with van der Waals surface area (Å²) in [6.45, 7) is 1.42. The number of nitrogens with two attached hydrogens (primary N) is 1. The molecule has 3 heteroatoms. The molecule has 84 valence electrons. The number of benzene rings is 1. The average Bonchev–Trinajstić information content (AvgIpc) is 3.06. The minimum absolute atomic E-state index is 0.0451. The molecule has 1 aromatic carbocycles. The van der Waals surface area contributed by atoms with Crippen molar-refractivity contribution >= 4 is 5.91 Å². The zero-order valence-corrected chi connectivity index (χ0v) is 9.23. The number of carbonyl (C=O) groups is 1. The summed E-state index contributed by atoms with van der Waals surface area (Å²) in [5.74, 6) is 0.267. The highest BCUT2D eigenvalue weighted by Crippen LogP contribution is 2.53. The van der Waals surface area contributed by atoms with Crippen molar-refractivity contribution in [1.82, 2.24) is 4.90 Å². The molecule has 1 aromatic rings. The van der Waals surface area contributed by atoms with Gasteiger partial charge in [0.15, 0.2) is 0 Å². The molecular formula is C13H16N2O. The lowest BCUT2D eigenvalue weighted by Crippen LogP contribution is -2.31. The summed E-state index contributed by atoms with van der Waals surface area (Å²) in [4.78, 5) is 14.1. The highest BCUT2D eigenvalue weighted by atomic mass is 16.2. The van der Waals surface area contributed by atoms with E-state index in [9.17, 15) is 4.79 Å². The Morgan fingerprint density at radius 2 is 2.00 bits per heavy atom. The molecule has 1 saturated carbocycles. The third kappa shape index (κ3) is 1.35. The molecule has 1 spiro atoms. The van der Waals surface area contributed by atoms with Crippen molar-refractivity contribution in [3.05, 3.63) is 35.9 Å². The fourth-order valence-corrected chi connectivity index (χ4v) is 2.63. The van der Waals surface area contributed by atoms with Crippen LogP contribution in [0.2, 0.25) is 0 Å². The second-order valence-electron chi connectivity index (χ2n) is 4.93. The molecule has 3 nitrogen and oxygen atoms in total. The summed E-state index contributed by atoms with van der Waals surface area (Å²) in [5.41, 5.74) is 7.06. The van der Waals surface area contributed by atoms with E-state index in [-0.39, 0.29) is 17.4 Å². The van der Waals surface area contributed by atoms with E-state index < -0.39 is 0 Å². The highest BCUT2D eigenvalue weighted by Gasteiger charge is 2.60. The summed E-state index contributed by atoms with van der Waals surface area (Å²) < 4.78 is 0. The van der Waals surface area contributed by atoms with Gasteiger partial charge in [-0.2, -0.15) is 0 Å². The molecule has 1 unspecified atom stereocenters. The standard InChI is InChI=1S/C13H16N2O/c14-11-9-15(12(16)13(11)6-7-13)8-10-4-2-1-3-5-10/h1-5,11H,6-9,14H2. The van der Waals surface area contributed by atoms with E-state index in [2.05, 4.69) is 12.1 Å². The molecule has 1 saturated heterocycles. The fraction of sp³-hybridized carbons (Fsp3) is 0.462. The molecule has 1 aliphatic carbocycles. The van der Waals surface area contributed by atoms with Gasteiger partial charge in [-0.1, -0.05) is 30.3 Å². The van der Waals surface area contributed by atoms with E-state index in [0.717, 1.165) is 12.8 Å². The number of amides is 1. The van der Waals surface area contributed by atoms with Crippen molar-refractivity contribution in [3.63, 3.8) is 0 Å². The van der Waals surface area contributed by atoms with Gasteiger partial charge in [-0.15, -0.1) is 0 Å². The lowest BCUT2D eigenvalue weighted by atomic mass is 10.0. The van der Waals surface area contributed by atoms with Crippen LogP contribution in [0.25, 0.3) is 0 Å². The summed E-state index contributed by atoms with van der Waals surface area (Å²) >= 11 is 0. The van der Waals surface area contributed by atoms with Crippen LogP contribution in [0.3, 0.4) is 0 Å². The molecule has 0 bridgehead atoms. The van der Waals surface area contributed by atoms with Crippen molar-refractivity contribution in [1.29, 1.82) is 0 Å². The SMILES string of the molecule is NC1CN(Cc2ccccc2)C(=O)C12CC2. The van der Waals surface area contributed by atoms with Gasteiger partial charge >= 0.3 is 0 Å². The minimum Gasteiger partial charge on any atom is -0.336 e.